The van der Waals surface area contributed by atoms with Gasteiger partial charge in [0.05, 0.1) is 18.3 Å². The molecular formula is C14H23NO2. The van der Waals surface area contributed by atoms with Gasteiger partial charge in [0.15, 0.2) is 0 Å². The minimum atomic E-state index is -0.876. The molecule has 1 saturated heterocycles. The fourth-order valence-corrected chi connectivity index (χ4v) is 4.02. The number of ether oxygens (including phenoxy) is 1. The van der Waals surface area contributed by atoms with E-state index in [-0.39, 0.29) is 5.41 Å². The predicted molar refractivity (Wildman–Crippen MR) is 65.2 cm³/mol. The van der Waals surface area contributed by atoms with Crippen LogP contribution in [-0.4, -0.2) is 23.9 Å². The Morgan fingerprint density at radius 1 is 1.35 bits per heavy atom. The Morgan fingerprint density at radius 2 is 2.06 bits per heavy atom. The smallest absolute Gasteiger partial charge is 0.111 e. The van der Waals surface area contributed by atoms with Crippen molar-refractivity contribution in [3.63, 3.8) is 0 Å². The van der Waals surface area contributed by atoms with Crippen LogP contribution < -0.4 is 0 Å². The van der Waals surface area contributed by atoms with Crippen molar-refractivity contribution in [1.29, 1.82) is 5.26 Å². The van der Waals surface area contributed by atoms with Gasteiger partial charge in [-0.25, -0.2) is 0 Å². The second-order valence-electron chi connectivity index (χ2n) is 6.88. The predicted octanol–water partition coefficient (Wildman–Crippen LogP) is 2.49. The molecule has 1 aliphatic heterocycles. The molecule has 2 fully saturated rings. The van der Waals surface area contributed by atoms with E-state index in [0.717, 1.165) is 12.8 Å². The van der Waals surface area contributed by atoms with Crippen LogP contribution in [0.2, 0.25) is 0 Å². The molecule has 1 aliphatic carbocycles. The highest BCUT2D eigenvalue weighted by atomic mass is 16.5. The maximum atomic E-state index is 11.0. The molecule has 0 aromatic heterocycles. The first-order chi connectivity index (χ1) is 7.83. The van der Waals surface area contributed by atoms with E-state index in [9.17, 15) is 10.4 Å². The SMILES string of the molecule is CC1CC(C)(C)CC(O)(C2(C#N)CCOC2)C1. The lowest BCUT2D eigenvalue weighted by Gasteiger charge is -2.50. The minimum absolute atomic E-state index is 0.110. The normalized spacial score (nSPS) is 45.5. The zero-order chi connectivity index (χ0) is 12.7. The van der Waals surface area contributed by atoms with E-state index in [0.29, 0.717) is 32.0 Å². The summed E-state index contributed by atoms with van der Waals surface area (Å²) >= 11 is 0. The van der Waals surface area contributed by atoms with E-state index in [1.165, 1.54) is 0 Å². The summed E-state index contributed by atoms with van der Waals surface area (Å²) in [6, 6.07) is 2.37. The summed E-state index contributed by atoms with van der Waals surface area (Å²) < 4.78 is 5.39. The van der Waals surface area contributed by atoms with Crippen molar-refractivity contribution in [2.45, 2.75) is 52.1 Å². The van der Waals surface area contributed by atoms with Gasteiger partial charge < -0.3 is 9.84 Å². The van der Waals surface area contributed by atoms with Gasteiger partial charge in [-0.15, -0.1) is 0 Å². The molecule has 3 atom stereocenters. The number of rotatable bonds is 1. The van der Waals surface area contributed by atoms with E-state index in [1.54, 1.807) is 0 Å². The number of nitriles is 1. The Bertz CT molecular complexity index is 339. The summed E-state index contributed by atoms with van der Waals surface area (Å²) in [5, 5.41) is 20.5. The van der Waals surface area contributed by atoms with Gasteiger partial charge in [-0.05, 0) is 37.0 Å². The van der Waals surface area contributed by atoms with Crippen LogP contribution in [0.15, 0.2) is 0 Å². The molecule has 0 aromatic rings. The average Bonchev–Trinajstić information content (AvgIpc) is 2.62. The first kappa shape index (κ1) is 12.9. The first-order valence-corrected chi connectivity index (χ1v) is 6.54. The lowest BCUT2D eigenvalue weighted by atomic mass is 9.57. The van der Waals surface area contributed by atoms with Crippen molar-refractivity contribution in [3.8, 4) is 6.07 Å². The Hall–Kier alpha value is -0.590. The van der Waals surface area contributed by atoms with Gasteiger partial charge in [0.25, 0.3) is 0 Å². The highest BCUT2D eigenvalue weighted by Crippen LogP contribution is 2.53. The van der Waals surface area contributed by atoms with Crippen molar-refractivity contribution in [1.82, 2.24) is 0 Å². The molecule has 0 spiro atoms. The molecule has 1 heterocycles. The van der Waals surface area contributed by atoms with Crippen molar-refractivity contribution in [3.05, 3.63) is 0 Å². The molecule has 0 radical (unpaired) electrons. The monoisotopic (exact) mass is 237 g/mol. The zero-order valence-corrected chi connectivity index (χ0v) is 11.1. The van der Waals surface area contributed by atoms with Crippen molar-refractivity contribution < 1.29 is 9.84 Å². The Kier molecular flexibility index (Phi) is 3.00. The van der Waals surface area contributed by atoms with Crippen molar-refractivity contribution >= 4 is 0 Å². The lowest BCUT2D eigenvalue weighted by Crippen LogP contribution is -2.54. The standard InChI is InChI=1S/C14H23NO2/c1-11-6-12(2,3)8-14(16,7-11)13(9-15)4-5-17-10-13/h11,16H,4-8,10H2,1-3H3. The second kappa shape index (κ2) is 3.96. The van der Waals surface area contributed by atoms with E-state index >= 15 is 0 Å². The van der Waals surface area contributed by atoms with E-state index in [2.05, 4.69) is 26.8 Å². The molecule has 2 rings (SSSR count). The summed E-state index contributed by atoms with van der Waals surface area (Å²) in [6.07, 6.45) is 3.23. The third-order valence-electron chi connectivity index (χ3n) is 4.48. The molecule has 2 aliphatic rings. The third-order valence-corrected chi connectivity index (χ3v) is 4.48. The first-order valence-electron chi connectivity index (χ1n) is 6.54. The Labute approximate surface area is 104 Å². The number of aliphatic hydroxyl groups is 1. The van der Waals surface area contributed by atoms with Gasteiger partial charge >= 0.3 is 0 Å². The number of nitrogens with zero attached hydrogens (tertiary/aromatic N) is 1. The van der Waals surface area contributed by atoms with E-state index in [1.807, 2.05) is 0 Å². The minimum Gasteiger partial charge on any atom is -0.388 e. The van der Waals surface area contributed by atoms with Gasteiger partial charge in [-0.3, -0.25) is 0 Å². The average molecular weight is 237 g/mol. The number of hydrogen-bond acceptors (Lipinski definition) is 3. The van der Waals surface area contributed by atoms with Crippen LogP contribution in [-0.2, 0) is 4.74 Å². The fourth-order valence-electron chi connectivity index (χ4n) is 4.02. The van der Waals surface area contributed by atoms with Crippen LogP contribution in [0.4, 0.5) is 0 Å². The second-order valence-corrected chi connectivity index (χ2v) is 6.88. The third kappa shape index (κ3) is 2.09. The molecular weight excluding hydrogens is 214 g/mol. The van der Waals surface area contributed by atoms with Gasteiger partial charge in [-0.2, -0.15) is 5.26 Å². The summed E-state index contributed by atoms with van der Waals surface area (Å²) in [5.41, 5.74) is -1.45. The molecule has 96 valence electrons. The van der Waals surface area contributed by atoms with Crippen LogP contribution in [0.1, 0.15) is 46.5 Å². The quantitative estimate of drug-likeness (QED) is 0.762. The summed E-state index contributed by atoms with van der Waals surface area (Å²) in [5.74, 6) is 0.467. The summed E-state index contributed by atoms with van der Waals surface area (Å²) in [6.45, 7) is 7.54. The molecule has 3 unspecified atom stereocenters. The van der Waals surface area contributed by atoms with Crippen LogP contribution in [0.3, 0.4) is 0 Å². The molecule has 1 saturated carbocycles. The molecule has 1 N–H and O–H groups in total. The van der Waals surface area contributed by atoms with Gasteiger partial charge in [0.1, 0.15) is 5.41 Å². The van der Waals surface area contributed by atoms with Crippen molar-refractivity contribution in [2.24, 2.45) is 16.7 Å². The van der Waals surface area contributed by atoms with E-state index in [4.69, 9.17) is 4.74 Å². The topological polar surface area (TPSA) is 53.2 Å². The Balaban J connectivity index is 2.31. The maximum absolute atomic E-state index is 11.0. The molecule has 0 aromatic carbocycles. The van der Waals surface area contributed by atoms with E-state index < -0.39 is 11.0 Å². The maximum Gasteiger partial charge on any atom is 0.111 e. The lowest BCUT2D eigenvalue weighted by molar-refractivity contribution is -0.126. The van der Waals surface area contributed by atoms with Gasteiger partial charge in [-0.1, -0.05) is 20.8 Å². The summed E-state index contributed by atoms with van der Waals surface area (Å²) in [4.78, 5) is 0. The van der Waals surface area contributed by atoms with Crippen LogP contribution in [0, 0.1) is 28.1 Å². The molecule has 3 nitrogen and oxygen atoms in total. The highest BCUT2D eigenvalue weighted by molar-refractivity contribution is 5.16. The Morgan fingerprint density at radius 3 is 2.53 bits per heavy atom. The zero-order valence-electron chi connectivity index (χ0n) is 11.1. The fraction of sp³-hybridized carbons (Fsp3) is 0.929. The number of hydrogen-bond donors (Lipinski definition) is 1. The highest BCUT2D eigenvalue weighted by Gasteiger charge is 2.57. The van der Waals surface area contributed by atoms with Gasteiger partial charge in [0, 0.05) is 6.61 Å². The largest absolute Gasteiger partial charge is 0.388 e. The van der Waals surface area contributed by atoms with Crippen LogP contribution in [0.5, 0.6) is 0 Å². The molecule has 0 amide bonds. The van der Waals surface area contributed by atoms with Crippen LogP contribution >= 0.6 is 0 Å². The molecule has 0 bridgehead atoms. The molecule has 3 heteroatoms. The molecule has 17 heavy (non-hydrogen) atoms. The van der Waals surface area contributed by atoms with Crippen molar-refractivity contribution in [2.75, 3.05) is 13.2 Å². The van der Waals surface area contributed by atoms with Gasteiger partial charge in [0.2, 0.25) is 0 Å². The summed E-state index contributed by atoms with van der Waals surface area (Å²) in [7, 11) is 0. The van der Waals surface area contributed by atoms with Crippen LogP contribution in [0.25, 0.3) is 0 Å².